The molecule has 3 aromatic rings. The number of imidazole rings is 1. The summed E-state index contributed by atoms with van der Waals surface area (Å²) >= 11 is 0. The molecule has 8 heteroatoms. The molecule has 1 aromatic carbocycles. The molecule has 118 valence electrons. The van der Waals surface area contributed by atoms with Crippen molar-refractivity contribution in [3.63, 3.8) is 0 Å². The van der Waals surface area contributed by atoms with E-state index in [-0.39, 0.29) is 0 Å². The van der Waals surface area contributed by atoms with E-state index in [1.54, 1.807) is 10.9 Å². The minimum Gasteiger partial charge on any atom is -0.327 e. The first-order chi connectivity index (χ1) is 11.2. The van der Waals surface area contributed by atoms with Crippen molar-refractivity contribution in [1.82, 2.24) is 30.0 Å². The first kappa shape index (κ1) is 14.9. The van der Waals surface area contributed by atoms with E-state index in [1.807, 2.05) is 24.3 Å². The largest absolute Gasteiger partial charge is 0.327 e. The molecule has 0 aliphatic rings. The molecule has 0 aliphatic heterocycles. The number of aromatic nitrogens is 5. The van der Waals surface area contributed by atoms with E-state index >= 15 is 0 Å². The van der Waals surface area contributed by atoms with Crippen molar-refractivity contribution >= 4 is 23.0 Å². The minimum atomic E-state index is -0.618. The number of amides is 1. The summed E-state index contributed by atoms with van der Waals surface area (Å²) in [6, 6.07) is 7.97. The Hall–Kier alpha value is -3.00. The Morgan fingerprint density at radius 1 is 1.39 bits per heavy atom. The smallest absolute Gasteiger partial charge is 0.267 e. The van der Waals surface area contributed by atoms with Gasteiger partial charge in [0, 0.05) is 12.6 Å². The summed E-state index contributed by atoms with van der Waals surface area (Å²) in [6.45, 7) is 3.37. The van der Waals surface area contributed by atoms with Crippen molar-refractivity contribution in [2.45, 2.75) is 20.0 Å². The minimum absolute atomic E-state index is 0.482. The number of benzene rings is 1. The van der Waals surface area contributed by atoms with E-state index in [1.165, 1.54) is 17.6 Å². The Balaban J connectivity index is 1.84. The van der Waals surface area contributed by atoms with Crippen LogP contribution >= 0.6 is 0 Å². The third-order valence-corrected chi connectivity index (χ3v) is 3.43. The van der Waals surface area contributed by atoms with Crippen molar-refractivity contribution in [3.05, 3.63) is 48.1 Å². The summed E-state index contributed by atoms with van der Waals surface area (Å²) in [5.74, 6) is 0.273. The van der Waals surface area contributed by atoms with Gasteiger partial charge < -0.3 is 4.57 Å². The maximum Gasteiger partial charge on any atom is 0.267 e. The van der Waals surface area contributed by atoms with Crippen LogP contribution in [0.15, 0.2) is 36.5 Å². The highest BCUT2D eigenvalue weighted by Gasteiger charge is 2.10. The van der Waals surface area contributed by atoms with Crippen LogP contribution < -0.4 is 5.48 Å². The number of nitrogens with one attached hydrogen (secondary N) is 1. The molecule has 2 aromatic heterocycles. The third kappa shape index (κ3) is 3.11. The first-order valence-corrected chi connectivity index (χ1v) is 7.17. The van der Waals surface area contributed by atoms with Gasteiger partial charge in [0.15, 0.2) is 0 Å². The highest BCUT2D eigenvalue weighted by molar-refractivity contribution is 5.90. The average Bonchev–Trinajstić information content (AvgIpc) is 3.16. The van der Waals surface area contributed by atoms with E-state index in [0.29, 0.717) is 12.2 Å². The number of fused-ring (bicyclic) bond motifs is 1. The number of carbonyl (C=O) groups excluding carboxylic acids is 1. The number of nitrogens with zero attached hydrogens (tertiary/aromatic N) is 5. The highest BCUT2D eigenvalue weighted by Crippen LogP contribution is 2.16. The zero-order chi connectivity index (χ0) is 16.2. The van der Waals surface area contributed by atoms with Crippen LogP contribution in [0.4, 0.5) is 0 Å². The average molecular weight is 312 g/mol. The predicted octanol–water partition coefficient (Wildman–Crippen LogP) is 1.21. The summed E-state index contributed by atoms with van der Waals surface area (Å²) < 4.78 is 3.79. The Morgan fingerprint density at radius 2 is 2.22 bits per heavy atom. The van der Waals surface area contributed by atoms with Crippen molar-refractivity contribution < 1.29 is 10.0 Å². The number of carbonyl (C=O) groups is 1. The van der Waals surface area contributed by atoms with Gasteiger partial charge in [-0.2, -0.15) is 0 Å². The number of hydroxylamine groups is 1. The van der Waals surface area contributed by atoms with Gasteiger partial charge >= 0.3 is 0 Å². The molecule has 0 aliphatic carbocycles. The van der Waals surface area contributed by atoms with E-state index in [2.05, 4.69) is 26.8 Å². The number of para-hydroxylation sites is 2. The van der Waals surface area contributed by atoms with Crippen LogP contribution in [-0.4, -0.2) is 35.7 Å². The Morgan fingerprint density at radius 3 is 3.00 bits per heavy atom. The molecular weight excluding hydrogens is 296 g/mol. The zero-order valence-electron chi connectivity index (χ0n) is 12.5. The fourth-order valence-corrected chi connectivity index (χ4v) is 2.41. The van der Waals surface area contributed by atoms with Gasteiger partial charge in [0.05, 0.1) is 17.2 Å². The van der Waals surface area contributed by atoms with Gasteiger partial charge in [-0.1, -0.05) is 17.3 Å². The van der Waals surface area contributed by atoms with Crippen molar-refractivity contribution in [2.24, 2.45) is 0 Å². The lowest BCUT2D eigenvalue weighted by Gasteiger charge is -2.05. The molecule has 0 spiro atoms. The molecular formula is C15H16N6O2. The number of hydrogen-bond donors (Lipinski definition) is 2. The van der Waals surface area contributed by atoms with Crippen LogP contribution in [0.25, 0.3) is 17.1 Å². The van der Waals surface area contributed by atoms with E-state index in [9.17, 15) is 4.79 Å². The monoisotopic (exact) mass is 312 g/mol. The van der Waals surface area contributed by atoms with Gasteiger partial charge in [-0.05, 0) is 25.1 Å². The number of hydrogen-bond acceptors (Lipinski definition) is 5. The van der Waals surface area contributed by atoms with Gasteiger partial charge in [0.25, 0.3) is 5.91 Å². The second kappa shape index (κ2) is 6.41. The lowest BCUT2D eigenvalue weighted by atomic mass is 10.3. The van der Waals surface area contributed by atoms with Crippen LogP contribution in [0.5, 0.6) is 0 Å². The predicted molar refractivity (Wildman–Crippen MR) is 83.5 cm³/mol. The van der Waals surface area contributed by atoms with Gasteiger partial charge in [-0.3, -0.25) is 10.0 Å². The molecule has 0 radical (unpaired) electrons. The van der Waals surface area contributed by atoms with Crippen LogP contribution in [-0.2, 0) is 17.9 Å². The lowest BCUT2D eigenvalue weighted by molar-refractivity contribution is -0.124. The Bertz CT molecular complexity index is 864. The van der Waals surface area contributed by atoms with Crippen LogP contribution in [0.2, 0.25) is 0 Å². The van der Waals surface area contributed by atoms with Crippen LogP contribution in [0.1, 0.15) is 18.4 Å². The second-order valence-electron chi connectivity index (χ2n) is 4.91. The summed E-state index contributed by atoms with van der Waals surface area (Å²) in [7, 11) is 0. The first-order valence-electron chi connectivity index (χ1n) is 7.17. The quantitative estimate of drug-likeness (QED) is 0.419. The fourth-order valence-electron chi connectivity index (χ4n) is 2.41. The van der Waals surface area contributed by atoms with Crippen LogP contribution in [0, 0.1) is 0 Å². The fraction of sp³-hybridized carbons (Fsp3) is 0.200. The molecule has 0 saturated carbocycles. The van der Waals surface area contributed by atoms with Gasteiger partial charge in [0.1, 0.15) is 18.1 Å². The molecule has 8 nitrogen and oxygen atoms in total. The zero-order valence-corrected chi connectivity index (χ0v) is 12.5. The summed E-state index contributed by atoms with van der Waals surface area (Å²) in [6.07, 6.45) is 4.36. The number of aryl methyl sites for hydroxylation is 1. The summed E-state index contributed by atoms with van der Waals surface area (Å²) in [5, 5.41) is 16.4. The molecule has 0 unspecified atom stereocenters. The van der Waals surface area contributed by atoms with Crippen LogP contribution in [0.3, 0.4) is 0 Å². The van der Waals surface area contributed by atoms with E-state index in [0.717, 1.165) is 23.4 Å². The van der Waals surface area contributed by atoms with E-state index < -0.39 is 5.91 Å². The van der Waals surface area contributed by atoms with Crippen molar-refractivity contribution in [3.8, 4) is 0 Å². The summed E-state index contributed by atoms with van der Waals surface area (Å²) in [5.41, 5.74) is 4.07. The van der Waals surface area contributed by atoms with Gasteiger partial charge in [-0.25, -0.2) is 15.1 Å². The normalized spacial score (nSPS) is 11.4. The second-order valence-corrected chi connectivity index (χ2v) is 4.91. The number of rotatable bonds is 5. The topological polar surface area (TPSA) is 97.9 Å². The molecule has 2 heterocycles. The molecule has 3 rings (SSSR count). The summed E-state index contributed by atoms with van der Waals surface area (Å²) in [4.78, 5) is 15.6. The third-order valence-electron chi connectivity index (χ3n) is 3.43. The molecule has 23 heavy (non-hydrogen) atoms. The molecule has 0 bridgehead atoms. The van der Waals surface area contributed by atoms with Gasteiger partial charge in [-0.15, -0.1) is 5.10 Å². The highest BCUT2D eigenvalue weighted by atomic mass is 16.5. The Kier molecular flexibility index (Phi) is 4.15. The van der Waals surface area contributed by atoms with E-state index in [4.69, 9.17) is 5.21 Å². The molecule has 1 amide bonds. The molecule has 2 N–H and O–H groups in total. The SMILES string of the molecule is CCn1c(Cn2cc(/C=C/C(=O)NO)nn2)nc2ccccc21. The maximum atomic E-state index is 10.9. The molecule has 0 atom stereocenters. The van der Waals surface area contributed by atoms with Gasteiger partial charge in [0.2, 0.25) is 0 Å². The standard InChI is InChI=1S/C15H16N6O2/c1-2-21-13-6-4-3-5-12(13)16-14(21)10-20-9-11(17-19-20)7-8-15(22)18-23/h3-9,23H,2,10H2,1H3,(H,18,22)/b8-7+. The molecule has 0 saturated heterocycles. The lowest BCUT2D eigenvalue weighted by Crippen LogP contribution is -2.14. The molecule has 0 fully saturated rings. The Labute approximate surface area is 132 Å². The maximum absolute atomic E-state index is 10.9. The van der Waals surface area contributed by atoms with Crippen molar-refractivity contribution in [2.75, 3.05) is 0 Å². The van der Waals surface area contributed by atoms with Crippen molar-refractivity contribution in [1.29, 1.82) is 0 Å².